The Hall–Kier alpha value is -1.79. The molecule has 0 atom stereocenters. The number of benzene rings is 1. The number of hydrogen-bond acceptors (Lipinski definition) is 4. The van der Waals surface area contributed by atoms with Gasteiger partial charge < -0.3 is 14.8 Å². The summed E-state index contributed by atoms with van der Waals surface area (Å²) in [5.74, 6) is 0.299. The number of likely N-dealkylation sites (N-methyl/N-ethyl adjacent to an activating group) is 1. The molecule has 1 heterocycles. The van der Waals surface area contributed by atoms with Crippen LogP contribution in [0.5, 0.6) is 0 Å². The zero-order chi connectivity index (χ0) is 16.8. The van der Waals surface area contributed by atoms with Crippen LogP contribution in [0.2, 0.25) is 0 Å². The first-order valence-corrected chi connectivity index (χ1v) is 8.68. The molecule has 0 bridgehead atoms. The molecule has 0 fully saturated rings. The van der Waals surface area contributed by atoms with Crippen LogP contribution in [0.3, 0.4) is 0 Å². The molecular weight excluding hydrogens is 310 g/mol. The molecule has 1 N–H and O–H groups in total. The van der Waals surface area contributed by atoms with E-state index >= 15 is 0 Å². The molecule has 6 heteroatoms. The van der Waals surface area contributed by atoms with Crippen molar-refractivity contribution in [3.05, 3.63) is 40.7 Å². The van der Waals surface area contributed by atoms with Crippen molar-refractivity contribution in [1.82, 2.24) is 14.8 Å². The fraction of sp³-hybridized carbons (Fsp3) is 0.412. The monoisotopic (exact) mass is 333 g/mol. The number of carbonyl (C=O) groups is 1. The predicted molar refractivity (Wildman–Crippen MR) is 96.2 cm³/mol. The van der Waals surface area contributed by atoms with Crippen LogP contribution in [-0.2, 0) is 11.3 Å². The molecule has 0 aliphatic heterocycles. The highest BCUT2D eigenvalue weighted by molar-refractivity contribution is 8.00. The summed E-state index contributed by atoms with van der Waals surface area (Å²) < 4.78 is 1.75. The minimum atomic E-state index is -0.0262. The van der Waals surface area contributed by atoms with Gasteiger partial charge in [0.15, 0.2) is 0 Å². The fourth-order valence-electron chi connectivity index (χ4n) is 2.36. The summed E-state index contributed by atoms with van der Waals surface area (Å²) in [6.07, 6.45) is 0. The van der Waals surface area contributed by atoms with E-state index in [1.807, 2.05) is 50.2 Å². The number of amides is 1. The quantitative estimate of drug-likeness (QED) is 0.785. The van der Waals surface area contributed by atoms with Crippen molar-refractivity contribution in [2.75, 3.05) is 32.9 Å². The number of rotatable bonds is 7. The Kier molecular flexibility index (Phi) is 6.24. The molecule has 1 amide bonds. The maximum Gasteiger partial charge on any atom is 0.252 e. The van der Waals surface area contributed by atoms with Gasteiger partial charge in [-0.3, -0.25) is 9.59 Å². The van der Waals surface area contributed by atoms with Crippen molar-refractivity contribution >= 4 is 28.6 Å². The normalized spacial score (nSPS) is 11.1. The Morgan fingerprint density at radius 1 is 1.30 bits per heavy atom. The van der Waals surface area contributed by atoms with Crippen LogP contribution in [0.15, 0.2) is 40.0 Å². The topological polar surface area (TPSA) is 54.3 Å². The van der Waals surface area contributed by atoms with Crippen molar-refractivity contribution < 1.29 is 4.79 Å². The van der Waals surface area contributed by atoms with E-state index in [0.29, 0.717) is 18.8 Å². The Labute approximate surface area is 140 Å². The lowest BCUT2D eigenvalue weighted by Gasteiger charge is -2.12. The second-order valence-electron chi connectivity index (χ2n) is 5.55. The van der Waals surface area contributed by atoms with E-state index in [4.69, 9.17) is 0 Å². The number of para-hydroxylation sites is 1. The van der Waals surface area contributed by atoms with E-state index in [-0.39, 0.29) is 11.5 Å². The molecule has 0 saturated carbocycles. The van der Waals surface area contributed by atoms with E-state index in [0.717, 1.165) is 22.3 Å². The van der Waals surface area contributed by atoms with Gasteiger partial charge in [0, 0.05) is 36.0 Å². The van der Waals surface area contributed by atoms with Crippen molar-refractivity contribution in [2.24, 2.45) is 0 Å². The van der Waals surface area contributed by atoms with Gasteiger partial charge in [0.25, 0.3) is 5.56 Å². The van der Waals surface area contributed by atoms with Crippen molar-refractivity contribution in [2.45, 2.75) is 18.4 Å². The molecule has 2 rings (SSSR count). The third-order valence-electron chi connectivity index (χ3n) is 3.54. The van der Waals surface area contributed by atoms with Gasteiger partial charge in [-0.25, -0.2) is 0 Å². The van der Waals surface area contributed by atoms with Crippen LogP contribution in [-0.4, -0.2) is 48.3 Å². The minimum absolute atomic E-state index is 0.0133. The summed E-state index contributed by atoms with van der Waals surface area (Å²) in [6.45, 7) is 4.03. The lowest BCUT2D eigenvalue weighted by atomic mass is 10.2. The SMILES string of the molecule is CCn1c(=O)cc(SCC(=O)NCCN(C)C)c2ccccc21. The van der Waals surface area contributed by atoms with Crippen LogP contribution >= 0.6 is 11.8 Å². The van der Waals surface area contributed by atoms with Crippen molar-refractivity contribution in [1.29, 1.82) is 0 Å². The number of fused-ring (bicyclic) bond motifs is 1. The zero-order valence-electron chi connectivity index (χ0n) is 13.8. The van der Waals surface area contributed by atoms with Gasteiger partial charge in [0.1, 0.15) is 0 Å². The average Bonchev–Trinajstić information content (AvgIpc) is 2.52. The average molecular weight is 333 g/mol. The summed E-state index contributed by atoms with van der Waals surface area (Å²) in [5, 5.41) is 3.90. The summed E-state index contributed by atoms with van der Waals surface area (Å²) >= 11 is 1.41. The lowest BCUT2D eigenvalue weighted by Crippen LogP contribution is -2.32. The predicted octanol–water partition coefficient (Wildman–Crippen LogP) is 1.79. The first-order chi connectivity index (χ1) is 11.0. The lowest BCUT2D eigenvalue weighted by molar-refractivity contribution is -0.118. The molecule has 0 spiro atoms. The highest BCUT2D eigenvalue weighted by atomic mass is 32.2. The molecule has 0 aliphatic carbocycles. The van der Waals surface area contributed by atoms with Gasteiger partial charge in [-0.05, 0) is 27.1 Å². The fourth-order valence-corrected chi connectivity index (χ4v) is 3.26. The molecule has 23 heavy (non-hydrogen) atoms. The molecule has 1 aromatic heterocycles. The summed E-state index contributed by atoms with van der Waals surface area (Å²) in [5.41, 5.74) is 0.889. The number of thioether (sulfide) groups is 1. The Balaban J connectivity index is 2.12. The van der Waals surface area contributed by atoms with Crippen molar-refractivity contribution in [3.63, 3.8) is 0 Å². The molecule has 0 aliphatic rings. The second kappa shape index (κ2) is 8.17. The molecule has 1 aromatic carbocycles. The number of nitrogens with zero attached hydrogens (tertiary/aromatic N) is 2. The summed E-state index contributed by atoms with van der Waals surface area (Å²) in [4.78, 5) is 27.0. The first-order valence-electron chi connectivity index (χ1n) is 7.69. The van der Waals surface area contributed by atoms with Crippen LogP contribution in [0.4, 0.5) is 0 Å². The molecule has 5 nitrogen and oxygen atoms in total. The number of aryl methyl sites for hydroxylation is 1. The molecule has 0 radical (unpaired) electrons. The van der Waals surface area contributed by atoms with Gasteiger partial charge in [-0.15, -0.1) is 11.8 Å². The first kappa shape index (κ1) is 17.6. The molecule has 2 aromatic rings. The zero-order valence-corrected chi connectivity index (χ0v) is 14.7. The number of nitrogens with one attached hydrogen (secondary N) is 1. The Morgan fingerprint density at radius 2 is 2.04 bits per heavy atom. The maximum absolute atomic E-state index is 12.2. The van der Waals surface area contributed by atoms with Gasteiger partial charge >= 0.3 is 0 Å². The largest absolute Gasteiger partial charge is 0.354 e. The number of hydrogen-bond donors (Lipinski definition) is 1. The third kappa shape index (κ3) is 4.59. The highest BCUT2D eigenvalue weighted by Crippen LogP contribution is 2.26. The van der Waals surface area contributed by atoms with E-state index < -0.39 is 0 Å². The number of carbonyl (C=O) groups excluding carboxylic acids is 1. The standard InChI is InChI=1S/C17H23N3O2S/c1-4-20-14-8-6-5-7-13(14)15(11-17(20)22)23-12-16(21)18-9-10-19(2)3/h5-8,11H,4,9-10,12H2,1-3H3,(H,18,21). The maximum atomic E-state index is 12.2. The van der Waals surface area contributed by atoms with Gasteiger partial charge in [-0.1, -0.05) is 18.2 Å². The van der Waals surface area contributed by atoms with Crippen LogP contribution in [0, 0.1) is 0 Å². The van der Waals surface area contributed by atoms with Crippen LogP contribution in [0.1, 0.15) is 6.92 Å². The minimum Gasteiger partial charge on any atom is -0.354 e. The second-order valence-corrected chi connectivity index (χ2v) is 6.57. The summed E-state index contributed by atoms with van der Waals surface area (Å²) in [6, 6.07) is 9.45. The van der Waals surface area contributed by atoms with E-state index in [1.54, 1.807) is 10.6 Å². The van der Waals surface area contributed by atoms with Crippen molar-refractivity contribution in [3.8, 4) is 0 Å². The Morgan fingerprint density at radius 3 is 2.74 bits per heavy atom. The van der Waals surface area contributed by atoms with E-state index in [9.17, 15) is 9.59 Å². The van der Waals surface area contributed by atoms with E-state index in [2.05, 4.69) is 5.32 Å². The smallest absolute Gasteiger partial charge is 0.252 e. The van der Waals surface area contributed by atoms with Gasteiger partial charge in [0.2, 0.25) is 5.91 Å². The highest BCUT2D eigenvalue weighted by Gasteiger charge is 2.10. The molecule has 0 unspecified atom stereocenters. The Bertz CT molecular complexity index is 740. The molecular formula is C17H23N3O2S. The molecule has 0 saturated heterocycles. The van der Waals surface area contributed by atoms with Gasteiger partial charge in [-0.2, -0.15) is 0 Å². The van der Waals surface area contributed by atoms with E-state index in [1.165, 1.54) is 11.8 Å². The third-order valence-corrected chi connectivity index (χ3v) is 4.59. The van der Waals surface area contributed by atoms with Gasteiger partial charge in [0.05, 0.1) is 11.3 Å². The number of pyridine rings is 1. The summed E-state index contributed by atoms with van der Waals surface area (Å²) in [7, 11) is 3.94. The van der Waals surface area contributed by atoms with Crippen LogP contribution < -0.4 is 10.9 Å². The number of aromatic nitrogens is 1. The molecule has 124 valence electrons. The van der Waals surface area contributed by atoms with Crippen LogP contribution in [0.25, 0.3) is 10.9 Å².